The number of halogens is 1. The fourth-order valence-electron chi connectivity index (χ4n) is 2.00. The largest absolute Gasteiger partial charge is 0.399 e. The molecule has 0 aromatic heterocycles. The van der Waals surface area contributed by atoms with Gasteiger partial charge in [0.1, 0.15) is 5.82 Å². The minimum absolute atomic E-state index is 0.138. The van der Waals surface area contributed by atoms with Gasteiger partial charge >= 0.3 is 0 Å². The molecule has 0 bridgehead atoms. The first kappa shape index (κ1) is 15.5. The van der Waals surface area contributed by atoms with Crippen LogP contribution in [0, 0.1) is 5.82 Å². The van der Waals surface area contributed by atoms with Crippen molar-refractivity contribution in [3.8, 4) is 0 Å². The number of anilines is 1. The molecule has 0 aliphatic rings. The maximum Gasteiger partial charge on any atom is 0.243 e. The average molecular weight is 308 g/mol. The maximum atomic E-state index is 12.9. The van der Waals surface area contributed by atoms with E-state index in [1.165, 1.54) is 35.6 Å². The molecule has 0 fully saturated rings. The van der Waals surface area contributed by atoms with Crippen molar-refractivity contribution in [2.24, 2.45) is 0 Å². The number of rotatable bonds is 4. The normalized spacial score (nSPS) is 13.3. The van der Waals surface area contributed by atoms with Crippen molar-refractivity contribution in [3.05, 3.63) is 59.9 Å². The van der Waals surface area contributed by atoms with Gasteiger partial charge < -0.3 is 5.73 Å². The fraction of sp³-hybridized carbons (Fsp3) is 0.200. The summed E-state index contributed by atoms with van der Waals surface area (Å²) in [5.41, 5.74) is 6.74. The van der Waals surface area contributed by atoms with Crippen LogP contribution in [0.15, 0.2) is 53.4 Å². The summed E-state index contributed by atoms with van der Waals surface area (Å²) in [6.45, 7) is 1.75. The Morgan fingerprint density at radius 3 is 2.33 bits per heavy atom. The Morgan fingerprint density at radius 1 is 1.14 bits per heavy atom. The van der Waals surface area contributed by atoms with Crippen LogP contribution in [0.3, 0.4) is 0 Å². The molecule has 6 heteroatoms. The van der Waals surface area contributed by atoms with Crippen molar-refractivity contribution in [3.63, 3.8) is 0 Å². The summed E-state index contributed by atoms with van der Waals surface area (Å²) < 4.78 is 39.3. The predicted molar refractivity (Wildman–Crippen MR) is 80.6 cm³/mol. The highest BCUT2D eigenvalue weighted by Gasteiger charge is 2.26. The van der Waals surface area contributed by atoms with Crippen LogP contribution in [0.1, 0.15) is 18.5 Å². The van der Waals surface area contributed by atoms with Gasteiger partial charge in [0.25, 0.3) is 0 Å². The number of hydrogen-bond donors (Lipinski definition) is 1. The van der Waals surface area contributed by atoms with E-state index in [0.717, 1.165) is 0 Å². The van der Waals surface area contributed by atoms with Gasteiger partial charge in [0, 0.05) is 18.8 Å². The fourth-order valence-corrected chi connectivity index (χ4v) is 3.41. The van der Waals surface area contributed by atoms with Crippen LogP contribution in [-0.4, -0.2) is 19.8 Å². The lowest BCUT2D eigenvalue weighted by Gasteiger charge is -2.24. The molecule has 0 radical (unpaired) electrons. The third-order valence-corrected chi connectivity index (χ3v) is 5.36. The molecular weight excluding hydrogens is 291 g/mol. The van der Waals surface area contributed by atoms with Crippen LogP contribution in [0.2, 0.25) is 0 Å². The van der Waals surface area contributed by atoms with Gasteiger partial charge in [-0.2, -0.15) is 4.31 Å². The second kappa shape index (κ2) is 5.83. The molecule has 21 heavy (non-hydrogen) atoms. The molecule has 2 aromatic carbocycles. The highest BCUT2D eigenvalue weighted by atomic mass is 32.2. The summed E-state index contributed by atoms with van der Waals surface area (Å²) in [6, 6.07) is 11.5. The number of benzene rings is 2. The van der Waals surface area contributed by atoms with Gasteiger partial charge in [0.15, 0.2) is 0 Å². The highest BCUT2D eigenvalue weighted by molar-refractivity contribution is 7.89. The zero-order valence-electron chi connectivity index (χ0n) is 11.8. The Balaban J connectivity index is 2.33. The van der Waals surface area contributed by atoms with Gasteiger partial charge in [-0.3, -0.25) is 0 Å². The molecule has 4 nitrogen and oxygen atoms in total. The summed E-state index contributed by atoms with van der Waals surface area (Å²) in [6.07, 6.45) is 0. The lowest BCUT2D eigenvalue weighted by Crippen LogP contribution is -2.29. The Morgan fingerprint density at radius 2 is 1.76 bits per heavy atom. The number of sulfonamides is 1. The molecule has 0 spiro atoms. The van der Waals surface area contributed by atoms with Crippen LogP contribution < -0.4 is 5.73 Å². The quantitative estimate of drug-likeness (QED) is 0.883. The topological polar surface area (TPSA) is 63.4 Å². The standard InChI is InChI=1S/C15H17FN2O2S/c1-11(12-6-8-13(16)9-7-12)18(2)21(19,20)15-5-3-4-14(17)10-15/h3-11H,17H2,1-2H3. The third kappa shape index (κ3) is 3.22. The van der Waals surface area contributed by atoms with Crippen LogP contribution >= 0.6 is 0 Å². The van der Waals surface area contributed by atoms with Crippen molar-refractivity contribution < 1.29 is 12.8 Å². The van der Waals surface area contributed by atoms with Gasteiger partial charge in [0.05, 0.1) is 4.90 Å². The van der Waals surface area contributed by atoms with Crippen LogP contribution in [-0.2, 0) is 10.0 Å². The summed E-state index contributed by atoms with van der Waals surface area (Å²) in [4.78, 5) is 0.138. The molecule has 112 valence electrons. The van der Waals surface area contributed by atoms with E-state index in [1.54, 1.807) is 31.2 Å². The minimum Gasteiger partial charge on any atom is -0.399 e. The van der Waals surface area contributed by atoms with Crippen LogP contribution in [0.5, 0.6) is 0 Å². The van der Waals surface area contributed by atoms with Gasteiger partial charge in [-0.05, 0) is 42.8 Å². The Bertz CT molecular complexity index is 730. The van der Waals surface area contributed by atoms with E-state index in [4.69, 9.17) is 5.73 Å². The molecule has 0 aliphatic carbocycles. The predicted octanol–water partition coefficient (Wildman–Crippen LogP) is 2.79. The summed E-state index contributed by atoms with van der Waals surface area (Å²) in [5, 5.41) is 0. The first-order valence-electron chi connectivity index (χ1n) is 6.41. The van der Waals surface area contributed by atoms with Gasteiger partial charge in [-0.15, -0.1) is 0 Å². The molecule has 2 aromatic rings. The number of nitrogen functional groups attached to an aromatic ring is 1. The number of nitrogens with zero attached hydrogens (tertiary/aromatic N) is 1. The van der Waals surface area contributed by atoms with E-state index >= 15 is 0 Å². The number of nitrogens with two attached hydrogens (primary N) is 1. The summed E-state index contributed by atoms with van der Waals surface area (Å²) in [5.74, 6) is -0.354. The van der Waals surface area contributed by atoms with E-state index < -0.39 is 16.1 Å². The van der Waals surface area contributed by atoms with E-state index in [0.29, 0.717) is 11.3 Å². The van der Waals surface area contributed by atoms with E-state index in [2.05, 4.69) is 0 Å². The summed E-state index contributed by atoms with van der Waals surface area (Å²) >= 11 is 0. The zero-order valence-corrected chi connectivity index (χ0v) is 12.6. The molecule has 0 aliphatic heterocycles. The smallest absolute Gasteiger partial charge is 0.243 e. The van der Waals surface area contributed by atoms with Gasteiger partial charge in [-0.25, -0.2) is 12.8 Å². The highest BCUT2D eigenvalue weighted by Crippen LogP contribution is 2.26. The Kier molecular flexibility index (Phi) is 4.29. The van der Waals surface area contributed by atoms with Crippen molar-refractivity contribution in [2.75, 3.05) is 12.8 Å². The third-order valence-electron chi connectivity index (χ3n) is 3.43. The first-order valence-corrected chi connectivity index (χ1v) is 7.85. The van der Waals surface area contributed by atoms with Crippen LogP contribution in [0.4, 0.5) is 10.1 Å². The second-order valence-corrected chi connectivity index (χ2v) is 6.82. The molecule has 0 saturated heterocycles. The van der Waals surface area contributed by atoms with E-state index in [-0.39, 0.29) is 10.7 Å². The molecule has 2 rings (SSSR count). The van der Waals surface area contributed by atoms with Crippen molar-refractivity contribution in [1.29, 1.82) is 0 Å². The van der Waals surface area contributed by atoms with Gasteiger partial charge in [0.2, 0.25) is 10.0 Å². The molecule has 1 atom stereocenters. The maximum absolute atomic E-state index is 12.9. The lowest BCUT2D eigenvalue weighted by atomic mass is 10.1. The first-order chi connectivity index (χ1) is 9.82. The lowest BCUT2D eigenvalue weighted by molar-refractivity contribution is 0.398. The van der Waals surface area contributed by atoms with Gasteiger partial charge in [-0.1, -0.05) is 18.2 Å². The van der Waals surface area contributed by atoms with E-state index in [9.17, 15) is 12.8 Å². The van der Waals surface area contributed by atoms with Crippen LogP contribution in [0.25, 0.3) is 0 Å². The van der Waals surface area contributed by atoms with Crippen molar-refractivity contribution in [2.45, 2.75) is 17.9 Å². The Labute approximate surface area is 124 Å². The Hall–Kier alpha value is -1.92. The minimum atomic E-state index is -3.66. The summed E-state index contributed by atoms with van der Waals surface area (Å²) in [7, 11) is -2.17. The monoisotopic (exact) mass is 308 g/mol. The molecule has 0 heterocycles. The molecule has 0 saturated carbocycles. The van der Waals surface area contributed by atoms with E-state index in [1.807, 2.05) is 0 Å². The number of hydrogen-bond acceptors (Lipinski definition) is 3. The average Bonchev–Trinajstić information content (AvgIpc) is 2.46. The molecule has 1 unspecified atom stereocenters. The van der Waals surface area contributed by atoms with Crippen molar-refractivity contribution in [1.82, 2.24) is 4.31 Å². The SMILES string of the molecule is CC(c1ccc(F)cc1)N(C)S(=O)(=O)c1cccc(N)c1. The van der Waals surface area contributed by atoms with Crippen molar-refractivity contribution >= 4 is 15.7 Å². The second-order valence-electron chi connectivity index (χ2n) is 4.82. The molecule has 0 amide bonds. The zero-order chi connectivity index (χ0) is 15.6. The molecule has 2 N–H and O–H groups in total. The molecular formula is C15H17FN2O2S.